The van der Waals surface area contributed by atoms with Crippen LogP contribution in [-0.4, -0.2) is 11.5 Å². The molecule has 1 aromatic carbocycles. The molecular weight excluding hydrogens is 260 g/mol. The number of pyridine rings is 1. The summed E-state index contributed by atoms with van der Waals surface area (Å²) >= 11 is 0. The Hall–Kier alpha value is -1.71. The Morgan fingerprint density at radius 2 is 2.05 bits per heavy atom. The van der Waals surface area contributed by atoms with E-state index < -0.39 is 0 Å². The van der Waals surface area contributed by atoms with Crippen LogP contribution >= 0.6 is 0 Å². The first-order valence-electron chi connectivity index (χ1n) is 7.63. The molecule has 0 radical (unpaired) electrons. The van der Waals surface area contributed by atoms with Crippen molar-refractivity contribution in [1.29, 1.82) is 0 Å². The Kier molecular flexibility index (Phi) is 4.32. The van der Waals surface area contributed by atoms with Crippen molar-refractivity contribution in [2.75, 3.05) is 6.54 Å². The van der Waals surface area contributed by atoms with E-state index in [9.17, 15) is 0 Å². The smallest absolute Gasteiger partial charge is 0.0725 e. The number of benzene rings is 1. The van der Waals surface area contributed by atoms with Gasteiger partial charge in [-0.25, -0.2) is 0 Å². The highest BCUT2D eigenvalue weighted by atomic mass is 16.5. The van der Waals surface area contributed by atoms with Gasteiger partial charge in [0.05, 0.1) is 13.2 Å². The minimum atomic E-state index is 0.274. The van der Waals surface area contributed by atoms with Gasteiger partial charge in [0, 0.05) is 23.9 Å². The van der Waals surface area contributed by atoms with Gasteiger partial charge >= 0.3 is 0 Å². The van der Waals surface area contributed by atoms with E-state index in [1.165, 1.54) is 16.7 Å². The number of hydrogen-bond donors (Lipinski definition) is 1. The second kappa shape index (κ2) is 6.37. The Balaban J connectivity index is 1.90. The molecule has 3 heteroatoms. The molecule has 0 spiro atoms. The average Bonchev–Trinajstić information content (AvgIpc) is 3.00. The van der Waals surface area contributed by atoms with E-state index in [2.05, 4.69) is 54.5 Å². The van der Waals surface area contributed by atoms with Crippen LogP contribution in [0.1, 0.15) is 48.2 Å². The number of aromatic nitrogens is 1. The van der Waals surface area contributed by atoms with E-state index in [0.717, 1.165) is 25.5 Å². The minimum absolute atomic E-state index is 0.274. The number of rotatable bonds is 5. The molecule has 21 heavy (non-hydrogen) atoms. The fourth-order valence-electron chi connectivity index (χ4n) is 3.00. The quantitative estimate of drug-likeness (QED) is 0.910. The first-order chi connectivity index (χ1) is 10.3. The first-order valence-corrected chi connectivity index (χ1v) is 7.63. The number of ether oxygens (including phenoxy) is 1. The third-order valence-corrected chi connectivity index (χ3v) is 4.18. The van der Waals surface area contributed by atoms with E-state index >= 15 is 0 Å². The van der Waals surface area contributed by atoms with E-state index in [0.29, 0.717) is 5.92 Å². The summed E-state index contributed by atoms with van der Waals surface area (Å²) in [6.07, 6.45) is 1.87. The molecule has 1 N–H and O–H groups in total. The van der Waals surface area contributed by atoms with Gasteiger partial charge in [-0.3, -0.25) is 4.98 Å². The van der Waals surface area contributed by atoms with E-state index in [-0.39, 0.29) is 6.04 Å². The number of hydrogen-bond acceptors (Lipinski definition) is 3. The summed E-state index contributed by atoms with van der Waals surface area (Å²) in [5, 5.41) is 3.61. The maximum atomic E-state index is 5.52. The normalized spacial score (nSPS) is 16.5. The van der Waals surface area contributed by atoms with Crippen molar-refractivity contribution in [2.45, 2.75) is 39.0 Å². The van der Waals surface area contributed by atoms with Crippen LogP contribution in [-0.2, 0) is 18.0 Å². The van der Waals surface area contributed by atoms with Gasteiger partial charge in [-0.15, -0.1) is 0 Å². The van der Waals surface area contributed by atoms with Crippen LogP contribution in [0.25, 0.3) is 0 Å². The van der Waals surface area contributed by atoms with Crippen LogP contribution in [0.3, 0.4) is 0 Å². The molecular formula is C18H22N2O. The van der Waals surface area contributed by atoms with Gasteiger partial charge in [0.25, 0.3) is 0 Å². The molecule has 0 amide bonds. The Labute approximate surface area is 126 Å². The van der Waals surface area contributed by atoms with Crippen LogP contribution in [0.5, 0.6) is 0 Å². The highest BCUT2D eigenvalue weighted by Crippen LogP contribution is 2.32. The minimum Gasteiger partial charge on any atom is -0.372 e. The lowest BCUT2D eigenvalue weighted by molar-refractivity contribution is 0.134. The van der Waals surface area contributed by atoms with E-state index in [1.54, 1.807) is 0 Å². The molecule has 0 saturated carbocycles. The van der Waals surface area contributed by atoms with Crippen molar-refractivity contribution < 1.29 is 4.74 Å². The maximum Gasteiger partial charge on any atom is 0.0725 e. The summed E-state index contributed by atoms with van der Waals surface area (Å²) in [7, 11) is 0. The van der Waals surface area contributed by atoms with Gasteiger partial charge in [0.2, 0.25) is 0 Å². The van der Waals surface area contributed by atoms with Gasteiger partial charge in [0.15, 0.2) is 0 Å². The van der Waals surface area contributed by atoms with Crippen molar-refractivity contribution >= 4 is 0 Å². The van der Waals surface area contributed by atoms with Crippen LogP contribution in [0.4, 0.5) is 0 Å². The largest absolute Gasteiger partial charge is 0.372 e. The Morgan fingerprint density at radius 3 is 2.81 bits per heavy atom. The number of nitrogens with one attached hydrogen (secondary N) is 1. The fraction of sp³-hybridized carbons (Fsp3) is 0.389. The zero-order valence-corrected chi connectivity index (χ0v) is 12.7. The van der Waals surface area contributed by atoms with Crippen molar-refractivity contribution in [3.63, 3.8) is 0 Å². The number of nitrogens with zero attached hydrogens (tertiary/aromatic N) is 1. The third-order valence-electron chi connectivity index (χ3n) is 4.18. The zero-order chi connectivity index (χ0) is 14.7. The summed E-state index contributed by atoms with van der Waals surface area (Å²) < 4.78 is 5.52. The van der Waals surface area contributed by atoms with E-state index in [1.807, 2.05) is 12.3 Å². The van der Waals surface area contributed by atoms with Gasteiger partial charge < -0.3 is 10.1 Å². The van der Waals surface area contributed by atoms with Crippen molar-refractivity contribution in [3.05, 3.63) is 65.0 Å². The standard InChI is InChI=1S/C18H22N2O/c1-3-19-18(13(2)17-6-4-5-9-20-17)14-7-8-15-11-21-12-16(15)10-14/h4-10,13,18-19H,3,11-12H2,1-2H3. The second-order valence-corrected chi connectivity index (χ2v) is 5.60. The number of fused-ring (bicyclic) bond motifs is 1. The monoisotopic (exact) mass is 282 g/mol. The number of likely N-dealkylation sites (N-methyl/N-ethyl adjacent to an activating group) is 1. The molecule has 1 aromatic heterocycles. The lowest BCUT2D eigenvalue weighted by Crippen LogP contribution is -2.26. The summed E-state index contributed by atoms with van der Waals surface area (Å²) in [6.45, 7) is 6.81. The molecule has 1 aliphatic heterocycles. The Bertz CT molecular complexity index is 597. The Morgan fingerprint density at radius 1 is 1.19 bits per heavy atom. The summed E-state index contributed by atoms with van der Waals surface area (Å²) in [5.41, 5.74) is 5.09. The summed E-state index contributed by atoms with van der Waals surface area (Å²) in [4.78, 5) is 4.52. The van der Waals surface area contributed by atoms with Crippen molar-refractivity contribution in [1.82, 2.24) is 10.3 Å². The van der Waals surface area contributed by atoms with E-state index in [4.69, 9.17) is 4.74 Å². The summed E-state index contributed by atoms with van der Waals surface area (Å²) in [6, 6.07) is 13.1. The molecule has 0 aliphatic carbocycles. The van der Waals surface area contributed by atoms with Crippen LogP contribution < -0.4 is 5.32 Å². The van der Waals surface area contributed by atoms with Crippen molar-refractivity contribution in [2.24, 2.45) is 0 Å². The lowest BCUT2D eigenvalue weighted by atomic mass is 9.90. The van der Waals surface area contributed by atoms with Crippen LogP contribution in [0.2, 0.25) is 0 Å². The van der Waals surface area contributed by atoms with Crippen molar-refractivity contribution in [3.8, 4) is 0 Å². The molecule has 1 aliphatic rings. The fourth-order valence-corrected chi connectivity index (χ4v) is 3.00. The van der Waals surface area contributed by atoms with Crippen LogP contribution in [0, 0.1) is 0 Å². The maximum absolute atomic E-state index is 5.52. The third kappa shape index (κ3) is 2.99. The molecule has 3 nitrogen and oxygen atoms in total. The predicted octanol–water partition coefficient (Wildman–Crippen LogP) is 3.57. The van der Waals surface area contributed by atoms with Gasteiger partial charge in [-0.1, -0.05) is 38.1 Å². The predicted molar refractivity (Wildman–Crippen MR) is 84.0 cm³/mol. The van der Waals surface area contributed by atoms with Gasteiger partial charge in [0.1, 0.15) is 0 Å². The molecule has 0 bridgehead atoms. The summed E-state index contributed by atoms with van der Waals surface area (Å²) in [5.74, 6) is 0.325. The molecule has 2 atom stereocenters. The zero-order valence-electron chi connectivity index (χ0n) is 12.7. The van der Waals surface area contributed by atoms with Gasteiger partial charge in [-0.05, 0) is 35.4 Å². The second-order valence-electron chi connectivity index (χ2n) is 5.60. The highest BCUT2D eigenvalue weighted by Gasteiger charge is 2.22. The first kappa shape index (κ1) is 14.2. The lowest BCUT2D eigenvalue weighted by Gasteiger charge is -2.25. The highest BCUT2D eigenvalue weighted by molar-refractivity contribution is 5.36. The molecule has 2 aromatic rings. The average molecular weight is 282 g/mol. The molecule has 110 valence electrons. The molecule has 2 unspecified atom stereocenters. The molecule has 3 rings (SSSR count). The molecule has 2 heterocycles. The van der Waals surface area contributed by atoms with Crippen LogP contribution in [0.15, 0.2) is 42.6 Å². The topological polar surface area (TPSA) is 34.1 Å². The molecule has 0 saturated heterocycles. The molecule has 0 fully saturated rings. The SMILES string of the molecule is CCNC(c1ccc2c(c1)COC2)C(C)c1ccccn1. The van der Waals surface area contributed by atoms with Gasteiger partial charge in [-0.2, -0.15) is 0 Å².